The van der Waals surface area contributed by atoms with Gasteiger partial charge in [-0.05, 0) is 66.6 Å². The Balaban J connectivity index is 1.52. The fourth-order valence-electron chi connectivity index (χ4n) is 3.99. The summed E-state index contributed by atoms with van der Waals surface area (Å²) in [6, 6.07) is 15.2. The molecule has 4 rings (SSSR count). The van der Waals surface area contributed by atoms with E-state index < -0.39 is 0 Å². The van der Waals surface area contributed by atoms with E-state index in [9.17, 15) is 9.59 Å². The zero-order valence-electron chi connectivity index (χ0n) is 21.2. The lowest BCUT2D eigenvalue weighted by molar-refractivity contribution is -0.133. The minimum Gasteiger partial charge on any atom is -0.454 e. The molecule has 3 amide bonds. The van der Waals surface area contributed by atoms with Crippen LogP contribution in [-0.2, 0) is 17.9 Å². The molecule has 36 heavy (non-hydrogen) atoms. The number of carbonyl (C=O) groups excluding carboxylic acids is 2. The zero-order valence-corrected chi connectivity index (χ0v) is 22.1. The van der Waals surface area contributed by atoms with Gasteiger partial charge in [-0.25, -0.2) is 4.79 Å². The second-order valence-corrected chi connectivity index (χ2v) is 10.5. The van der Waals surface area contributed by atoms with Gasteiger partial charge in [0.1, 0.15) is 6.54 Å². The molecule has 0 saturated heterocycles. The first-order valence-corrected chi connectivity index (χ1v) is 13.0. The van der Waals surface area contributed by atoms with E-state index in [4.69, 9.17) is 9.47 Å². The summed E-state index contributed by atoms with van der Waals surface area (Å²) in [6.45, 7) is 9.68. The number of fused-ring (bicyclic) bond motifs is 1. The van der Waals surface area contributed by atoms with Gasteiger partial charge in [0.2, 0.25) is 12.7 Å². The lowest BCUT2D eigenvalue weighted by Gasteiger charge is -2.29. The highest BCUT2D eigenvalue weighted by molar-refractivity contribution is 7.10. The van der Waals surface area contributed by atoms with E-state index in [2.05, 4.69) is 18.3 Å². The Morgan fingerprint density at radius 3 is 2.42 bits per heavy atom. The van der Waals surface area contributed by atoms with Crippen LogP contribution in [0.3, 0.4) is 0 Å². The Morgan fingerprint density at radius 1 is 0.972 bits per heavy atom. The van der Waals surface area contributed by atoms with E-state index in [-0.39, 0.29) is 31.2 Å². The smallest absolute Gasteiger partial charge is 0.322 e. The van der Waals surface area contributed by atoms with Crippen LogP contribution in [0.25, 0.3) is 0 Å². The first-order chi connectivity index (χ1) is 17.3. The molecular formula is C28H33N3O4S. The van der Waals surface area contributed by atoms with Gasteiger partial charge in [-0.1, -0.05) is 37.6 Å². The third kappa shape index (κ3) is 6.57. The van der Waals surface area contributed by atoms with E-state index in [0.717, 1.165) is 21.6 Å². The van der Waals surface area contributed by atoms with Crippen LogP contribution < -0.4 is 14.8 Å². The summed E-state index contributed by atoms with van der Waals surface area (Å²) in [5.74, 6) is 1.50. The number of nitrogens with zero attached hydrogens (tertiary/aromatic N) is 2. The molecule has 1 aliphatic rings. The van der Waals surface area contributed by atoms with Crippen molar-refractivity contribution in [3.05, 3.63) is 75.5 Å². The van der Waals surface area contributed by atoms with Crippen molar-refractivity contribution in [2.75, 3.05) is 25.2 Å². The molecule has 0 bridgehead atoms. The molecule has 1 aliphatic heterocycles. The number of rotatable bonds is 9. The molecule has 8 heteroatoms. The van der Waals surface area contributed by atoms with Crippen LogP contribution in [0.1, 0.15) is 35.4 Å². The number of aryl methyl sites for hydroxylation is 2. The number of nitrogens with one attached hydrogen (secondary N) is 1. The van der Waals surface area contributed by atoms with Crippen LogP contribution in [0, 0.1) is 19.8 Å². The van der Waals surface area contributed by atoms with E-state index in [1.807, 2.05) is 73.5 Å². The maximum atomic E-state index is 13.7. The largest absolute Gasteiger partial charge is 0.454 e. The number of hydrogen-bond donors (Lipinski definition) is 1. The maximum Gasteiger partial charge on any atom is 0.322 e. The number of urea groups is 1. The summed E-state index contributed by atoms with van der Waals surface area (Å²) < 4.78 is 11.0. The molecule has 0 aliphatic carbocycles. The second-order valence-electron chi connectivity index (χ2n) is 9.53. The van der Waals surface area contributed by atoms with Crippen LogP contribution in [0.5, 0.6) is 11.5 Å². The summed E-state index contributed by atoms with van der Waals surface area (Å²) in [5.41, 5.74) is 3.92. The molecule has 2 aromatic carbocycles. The number of benzene rings is 2. The van der Waals surface area contributed by atoms with Crippen molar-refractivity contribution in [1.29, 1.82) is 0 Å². The van der Waals surface area contributed by atoms with Gasteiger partial charge in [-0.15, -0.1) is 11.3 Å². The Bertz CT molecular complexity index is 1210. The van der Waals surface area contributed by atoms with Crippen molar-refractivity contribution < 1.29 is 19.1 Å². The molecule has 0 saturated carbocycles. The fraction of sp³-hybridized carbons (Fsp3) is 0.357. The third-order valence-corrected chi connectivity index (χ3v) is 6.98. The summed E-state index contributed by atoms with van der Waals surface area (Å²) in [4.78, 5) is 31.4. The Morgan fingerprint density at radius 2 is 1.72 bits per heavy atom. The number of amides is 3. The highest BCUT2D eigenvalue weighted by atomic mass is 32.1. The summed E-state index contributed by atoms with van der Waals surface area (Å²) in [5, 5.41) is 4.98. The minimum atomic E-state index is -0.281. The van der Waals surface area contributed by atoms with Crippen molar-refractivity contribution in [2.45, 2.75) is 40.8 Å². The van der Waals surface area contributed by atoms with Crippen molar-refractivity contribution in [3.8, 4) is 11.5 Å². The van der Waals surface area contributed by atoms with Crippen LogP contribution in [0.4, 0.5) is 10.5 Å². The van der Waals surface area contributed by atoms with Gasteiger partial charge >= 0.3 is 6.03 Å². The van der Waals surface area contributed by atoms with Gasteiger partial charge in [-0.2, -0.15) is 0 Å². The average molecular weight is 508 g/mol. The minimum absolute atomic E-state index is 0.00908. The summed E-state index contributed by atoms with van der Waals surface area (Å²) in [6.07, 6.45) is 0. The summed E-state index contributed by atoms with van der Waals surface area (Å²) in [7, 11) is 0. The molecular weight excluding hydrogens is 474 g/mol. The highest BCUT2D eigenvalue weighted by Gasteiger charge is 2.24. The Hall–Kier alpha value is -3.52. The van der Waals surface area contributed by atoms with Crippen LogP contribution >= 0.6 is 11.3 Å². The molecule has 0 radical (unpaired) electrons. The third-order valence-electron chi connectivity index (χ3n) is 5.97. The summed E-state index contributed by atoms with van der Waals surface area (Å²) >= 11 is 1.63. The van der Waals surface area contributed by atoms with Crippen LogP contribution in [0.2, 0.25) is 0 Å². The van der Waals surface area contributed by atoms with E-state index in [0.29, 0.717) is 36.8 Å². The Kier molecular flexibility index (Phi) is 8.15. The normalized spacial score (nSPS) is 12.0. The molecule has 0 fully saturated rings. The number of hydrogen-bond acceptors (Lipinski definition) is 5. The highest BCUT2D eigenvalue weighted by Crippen LogP contribution is 2.33. The van der Waals surface area contributed by atoms with E-state index in [1.54, 1.807) is 16.2 Å². The van der Waals surface area contributed by atoms with Gasteiger partial charge in [0.15, 0.2) is 11.5 Å². The van der Waals surface area contributed by atoms with Crippen molar-refractivity contribution in [2.24, 2.45) is 5.92 Å². The molecule has 1 aromatic heterocycles. The quantitative estimate of drug-likeness (QED) is 0.397. The standard InChI is InChI=1S/C28H33N3O4S/c1-19(2)14-31(28(33)29-23-8-5-20(3)6-9-23)17-27(32)30(16-26-21(4)11-12-36-26)15-22-7-10-24-25(13-22)35-18-34-24/h5-13,19H,14-18H2,1-4H3,(H,29,33). The molecule has 7 nitrogen and oxygen atoms in total. The predicted molar refractivity (Wildman–Crippen MR) is 142 cm³/mol. The van der Waals surface area contributed by atoms with Crippen LogP contribution in [0.15, 0.2) is 53.9 Å². The first kappa shape index (κ1) is 25.6. The lowest BCUT2D eigenvalue weighted by Crippen LogP contribution is -2.45. The molecule has 0 spiro atoms. The molecule has 0 unspecified atom stereocenters. The van der Waals surface area contributed by atoms with Gasteiger partial charge in [0.25, 0.3) is 0 Å². The number of thiophene rings is 1. The van der Waals surface area contributed by atoms with E-state index in [1.165, 1.54) is 0 Å². The first-order valence-electron chi connectivity index (χ1n) is 12.1. The van der Waals surface area contributed by atoms with E-state index >= 15 is 0 Å². The van der Waals surface area contributed by atoms with Gasteiger partial charge in [-0.3, -0.25) is 4.79 Å². The van der Waals surface area contributed by atoms with Gasteiger partial charge < -0.3 is 24.6 Å². The Labute approximate surface area is 216 Å². The van der Waals surface area contributed by atoms with Crippen molar-refractivity contribution >= 4 is 29.0 Å². The number of anilines is 1. The second kappa shape index (κ2) is 11.5. The fourth-order valence-corrected chi connectivity index (χ4v) is 4.91. The molecule has 2 heterocycles. The van der Waals surface area contributed by atoms with Gasteiger partial charge in [0, 0.05) is 23.7 Å². The molecule has 1 N–H and O–H groups in total. The number of carbonyl (C=O) groups is 2. The molecule has 3 aromatic rings. The predicted octanol–water partition coefficient (Wildman–Crippen LogP) is 5.81. The topological polar surface area (TPSA) is 71.1 Å². The molecule has 0 atom stereocenters. The maximum absolute atomic E-state index is 13.7. The van der Waals surface area contributed by atoms with Crippen molar-refractivity contribution in [1.82, 2.24) is 9.80 Å². The SMILES string of the molecule is Cc1ccc(NC(=O)N(CC(=O)N(Cc2ccc3c(c2)OCO3)Cc2sccc2C)CC(C)C)cc1. The zero-order chi connectivity index (χ0) is 25.7. The molecule has 190 valence electrons. The average Bonchev–Trinajstić information content (AvgIpc) is 3.47. The van der Waals surface area contributed by atoms with Crippen molar-refractivity contribution in [3.63, 3.8) is 0 Å². The monoisotopic (exact) mass is 507 g/mol. The van der Waals surface area contributed by atoms with Gasteiger partial charge in [0.05, 0.1) is 6.54 Å². The lowest BCUT2D eigenvalue weighted by atomic mass is 10.1. The van der Waals surface area contributed by atoms with Crippen LogP contribution in [-0.4, -0.2) is 41.6 Å². The number of ether oxygens (including phenoxy) is 2.